The smallest absolute Gasteiger partial charge is 0.258 e. The van der Waals surface area contributed by atoms with Crippen molar-refractivity contribution < 1.29 is 9.90 Å². The van der Waals surface area contributed by atoms with Gasteiger partial charge in [-0.25, -0.2) is 15.0 Å². The molecular formula is C25H27N7O2S. The van der Waals surface area contributed by atoms with E-state index in [4.69, 9.17) is 10.7 Å². The highest BCUT2D eigenvalue weighted by Gasteiger charge is 2.45. The minimum absolute atomic E-state index is 0.280. The van der Waals surface area contributed by atoms with E-state index in [1.54, 1.807) is 36.5 Å². The molecule has 0 radical (unpaired) electrons. The van der Waals surface area contributed by atoms with Gasteiger partial charge in [-0.1, -0.05) is 18.2 Å². The lowest BCUT2D eigenvalue weighted by Gasteiger charge is -2.21. The second kappa shape index (κ2) is 9.55. The number of benzene rings is 1. The van der Waals surface area contributed by atoms with E-state index in [-0.39, 0.29) is 5.91 Å². The molecule has 4 N–H and O–H groups in total. The summed E-state index contributed by atoms with van der Waals surface area (Å²) in [5.74, 6) is 0.826. The topological polar surface area (TPSA) is 130 Å². The van der Waals surface area contributed by atoms with E-state index < -0.39 is 5.60 Å². The number of likely N-dealkylation sites (tertiary alicyclic amines) is 1. The predicted octanol–water partition coefficient (Wildman–Crippen LogP) is 3.01. The van der Waals surface area contributed by atoms with Gasteiger partial charge < -0.3 is 21.1 Å². The monoisotopic (exact) mass is 489 g/mol. The number of nitrogens with two attached hydrogens (primary N) is 1. The Morgan fingerprint density at radius 1 is 1.34 bits per heavy atom. The molecule has 3 aromatic rings. The number of carbonyl (C=O) groups is 1. The van der Waals surface area contributed by atoms with Crippen molar-refractivity contribution in [1.29, 1.82) is 0 Å². The number of nitrogens with zero attached hydrogens (tertiary/aromatic N) is 5. The molecule has 2 aliphatic rings. The van der Waals surface area contributed by atoms with Gasteiger partial charge >= 0.3 is 0 Å². The number of thiazole rings is 1. The highest BCUT2D eigenvalue weighted by Crippen LogP contribution is 2.35. The zero-order valence-corrected chi connectivity index (χ0v) is 20.2. The molecule has 2 fully saturated rings. The molecular weight excluding hydrogens is 462 g/mol. The van der Waals surface area contributed by atoms with E-state index in [2.05, 4.69) is 20.3 Å². The Kier molecular flexibility index (Phi) is 6.31. The first kappa shape index (κ1) is 23.1. The molecule has 35 heavy (non-hydrogen) atoms. The van der Waals surface area contributed by atoms with Crippen molar-refractivity contribution >= 4 is 29.4 Å². The molecule has 2 aromatic heterocycles. The Morgan fingerprint density at radius 3 is 2.94 bits per heavy atom. The third-order valence-corrected chi connectivity index (χ3v) is 7.12. The average Bonchev–Trinajstić information content (AvgIpc) is 3.50. The van der Waals surface area contributed by atoms with E-state index >= 15 is 0 Å². The maximum atomic E-state index is 12.5. The van der Waals surface area contributed by atoms with Gasteiger partial charge in [0.25, 0.3) is 5.91 Å². The van der Waals surface area contributed by atoms with Crippen LogP contribution in [0, 0.1) is 5.92 Å². The lowest BCUT2D eigenvalue weighted by molar-refractivity contribution is -0.143. The van der Waals surface area contributed by atoms with Crippen LogP contribution in [-0.2, 0) is 10.4 Å². The zero-order chi connectivity index (χ0) is 24.4. The maximum absolute atomic E-state index is 12.5. The van der Waals surface area contributed by atoms with Crippen molar-refractivity contribution in [2.45, 2.75) is 24.9 Å². The highest BCUT2D eigenvalue weighted by atomic mass is 32.1. The summed E-state index contributed by atoms with van der Waals surface area (Å²) in [6, 6.07) is 9.17. The number of aromatic nitrogens is 3. The molecule has 3 heterocycles. The Morgan fingerprint density at radius 2 is 2.20 bits per heavy atom. The quantitative estimate of drug-likeness (QED) is 0.415. The van der Waals surface area contributed by atoms with Crippen molar-refractivity contribution in [2.24, 2.45) is 16.6 Å². The molecule has 1 aliphatic heterocycles. The van der Waals surface area contributed by atoms with Crippen LogP contribution in [0.15, 0.2) is 58.8 Å². The number of carbonyl (C=O) groups excluding carboxylic acids is 1. The number of likely N-dealkylation sites (N-methyl/N-ethyl adjacent to an activating group) is 1. The van der Waals surface area contributed by atoms with Crippen molar-refractivity contribution in [2.75, 3.05) is 25.5 Å². The van der Waals surface area contributed by atoms with Gasteiger partial charge in [-0.3, -0.25) is 9.79 Å². The molecule has 9 nitrogen and oxygen atoms in total. The summed E-state index contributed by atoms with van der Waals surface area (Å²) < 4.78 is 0. The van der Waals surface area contributed by atoms with Crippen molar-refractivity contribution in [1.82, 2.24) is 19.9 Å². The molecule has 1 aliphatic carbocycles. The van der Waals surface area contributed by atoms with Crippen LogP contribution in [0.2, 0.25) is 0 Å². The third kappa shape index (κ3) is 4.94. The second-order valence-electron chi connectivity index (χ2n) is 8.91. The van der Waals surface area contributed by atoms with Gasteiger partial charge in [-0.05, 0) is 36.5 Å². The third-order valence-electron chi connectivity index (χ3n) is 6.25. The van der Waals surface area contributed by atoms with Gasteiger partial charge in [-0.15, -0.1) is 11.3 Å². The van der Waals surface area contributed by atoms with Crippen LogP contribution in [0.3, 0.4) is 0 Å². The van der Waals surface area contributed by atoms with Crippen molar-refractivity contribution in [3.63, 3.8) is 0 Å². The van der Waals surface area contributed by atoms with E-state index in [9.17, 15) is 9.90 Å². The molecule has 0 spiro atoms. The number of aliphatic imine (C=N–C) groups is 1. The molecule has 180 valence electrons. The minimum Gasteiger partial charge on any atom is -0.403 e. The van der Waals surface area contributed by atoms with Crippen LogP contribution >= 0.6 is 11.3 Å². The number of anilines is 1. The van der Waals surface area contributed by atoms with E-state index in [1.807, 2.05) is 23.6 Å². The van der Waals surface area contributed by atoms with Gasteiger partial charge in [0.2, 0.25) is 5.95 Å². The molecule has 5 rings (SSSR count). The summed E-state index contributed by atoms with van der Waals surface area (Å²) in [4.78, 5) is 32.1. The fraction of sp³-hybridized carbons (Fsp3) is 0.320. The fourth-order valence-corrected chi connectivity index (χ4v) is 4.76. The minimum atomic E-state index is -1.49. The first-order chi connectivity index (χ1) is 17.0. The molecule has 1 aromatic carbocycles. The standard InChI is InChI=1S/C25H27N7O2S/c1-32-10-8-25(34,23(32)33)18-4-2-3-17(11-18)21-15-35-22(30-21)20-7-9-28-24(31-20)29-19(12-26)14-27-13-16-5-6-16/h2-4,7,9,11-12,14-16,34H,5-6,8,10,13,26H2,1H3,(H,28,29,31)/b19-12+,27-14?. The molecule has 1 atom stereocenters. The van der Waals surface area contributed by atoms with Gasteiger partial charge in [0.05, 0.1) is 11.4 Å². The Hall–Kier alpha value is -3.63. The normalized spacial score (nSPS) is 20.7. The van der Waals surface area contributed by atoms with Crippen LogP contribution in [0.25, 0.3) is 22.0 Å². The van der Waals surface area contributed by atoms with Crippen LogP contribution < -0.4 is 11.1 Å². The van der Waals surface area contributed by atoms with E-state index in [1.165, 1.54) is 30.4 Å². The molecule has 1 saturated heterocycles. The van der Waals surface area contributed by atoms with Crippen LogP contribution in [0.4, 0.5) is 5.95 Å². The van der Waals surface area contributed by atoms with Crippen molar-refractivity contribution in [3.8, 4) is 22.0 Å². The maximum Gasteiger partial charge on any atom is 0.258 e. The zero-order valence-electron chi connectivity index (χ0n) is 19.4. The number of aliphatic hydroxyl groups is 1. The number of amides is 1. The average molecular weight is 490 g/mol. The van der Waals surface area contributed by atoms with Crippen LogP contribution in [-0.4, -0.2) is 57.2 Å². The number of hydrogen-bond donors (Lipinski definition) is 3. The van der Waals surface area contributed by atoms with Crippen LogP contribution in [0.5, 0.6) is 0 Å². The first-order valence-electron chi connectivity index (χ1n) is 11.5. The summed E-state index contributed by atoms with van der Waals surface area (Å²) in [5.41, 5.74) is 7.69. The Labute approximate surface area is 207 Å². The summed E-state index contributed by atoms with van der Waals surface area (Å²) in [6.07, 6.45) is 7.68. The number of hydrogen-bond acceptors (Lipinski definition) is 9. The molecule has 1 unspecified atom stereocenters. The van der Waals surface area contributed by atoms with Gasteiger partial charge in [-0.2, -0.15) is 0 Å². The van der Waals surface area contributed by atoms with E-state index in [0.717, 1.165) is 22.8 Å². The first-order valence-corrected chi connectivity index (χ1v) is 12.4. The van der Waals surface area contributed by atoms with E-state index in [0.29, 0.717) is 41.8 Å². The Balaban J connectivity index is 1.34. The van der Waals surface area contributed by atoms with Gasteiger partial charge in [0, 0.05) is 56.1 Å². The number of allylic oxidation sites excluding steroid dienone is 1. The van der Waals surface area contributed by atoms with Crippen molar-refractivity contribution in [3.05, 3.63) is 59.4 Å². The van der Waals surface area contributed by atoms with Gasteiger partial charge in [0.15, 0.2) is 5.60 Å². The summed E-state index contributed by atoms with van der Waals surface area (Å²) in [7, 11) is 1.70. The molecule has 10 heteroatoms. The Bertz CT molecular complexity index is 1300. The second-order valence-corrected chi connectivity index (χ2v) is 9.76. The van der Waals surface area contributed by atoms with Gasteiger partial charge in [0.1, 0.15) is 10.7 Å². The summed E-state index contributed by atoms with van der Waals surface area (Å²) in [6.45, 7) is 1.34. The summed E-state index contributed by atoms with van der Waals surface area (Å²) in [5, 5.41) is 16.8. The molecule has 0 bridgehead atoms. The van der Waals surface area contributed by atoms with Crippen LogP contribution in [0.1, 0.15) is 24.8 Å². The highest BCUT2D eigenvalue weighted by molar-refractivity contribution is 7.13. The molecule has 1 amide bonds. The lowest BCUT2D eigenvalue weighted by atomic mass is 9.90. The SMILES string of the molecule is CN1CCC(O)(c2cccc(-c3csc(-c4ccnc(N/C(C=NCC5CC5)=C/N)n4)n3)c2)C1=O. The lowest BCUT2D eigenvalue weighted by Crippen LogP contribution is -2.36. The number of rotatable bonds is 8. The summed E-state index contributed by atoms with van der Waals surface area (Å²) >= 11 is 1.46. The fourth-order valence-electron chi connectivity index (χ4n) is 3.97. The largest absolute Gasteiger partial charge is 0.403 e. The molecule has 1 saturated carbocycles. The number of nitrogens with one attached hydrogen (secondary N) is 1. The predicted molar refractivity (Wildman–Crippen MR) is 137 cm³/mol.